The number of halogens is 2. The van der Waals surface area contributed by atoms with Gasteiger partial charge < -0.3 is 0 Å². The molecular weight excluding hydrogens is 417 g/mol. The topological polar surface area (TPSA) is 73.0 Å². The molecule has 3 heterocycles. The molecule has 5 aromatic rings. The van der Waals surface area contributed by atoms with Crippen molar-refractivity contribution in [2.75, 3.05) is 0 Å². The van der Waals surface area contributed by atoms with Crippen LogP contribution in [0.25, 0.3) is 39.2 Å². The highest BCUT2D eigenvalue weighted by molar-refractivity contribution is 6.30. The molecule has 0 atom stereocenters. The van der Waals surface area contributed by atoms with Gasteiger partial charge in [-0.25, -0.2) is 4.39 Å². The van der Waals surface area contributed by atoms with Gasteiger partial charge in [-0.1, -0.05) is 23.7 Å². The summed E-state index contributed by atoms with van der Waals surface area (Å²) in [7, 11) is 0. The van der Waals surface area contributed by atoms with Gasteiger partial charge in [-0.15, -0.1) is 10.2 Å². The zero-order valence-electron chi connectivity index (χ0n) is 15.9. The summed E-state index contributed by atoms with van der Waals surface area (Å²) < 4.78 is 14.5. The molecule has 0 saturated heterocycles. The van der Waals surface area contributed by atoms with Crippen LogP contribution in [0.3, 0.4) is 0 Å². The van der Waals surface area contributed by atoms with E-state index in [1.54, 1.807) is 30.7 Å². The molecule has 0 aliphatic heterocycles. The lowest BCUT2D eigenvalue weighted by atomic mass is 9.97. The Morgan fingerprint density at radius 1 is 0.806 bits per heavy atom. The van der Waals surface area contributed by atoms with Crippen molar-refractivity contribution in [2.45, 2.75) is 0 Å². The molecule has 3 aromatic heterocycles. The lowest BCUT2D eigenvalue weighted by Gasteiger charge is -2.13. The van der Waals surface area contributed by atoms with Crippen LogP contribution < -0.4 is 5.56 Å². The van der Waals surface area contributed by atoms with Crippen LogP contribution in [0.1, 0.15) is 0 Å². The van der Waals surface area contributed by atoms with Gasteiger partial charge in [0.2, 0.25) is 0 Å². The predicted octanol–water partition coefficient (Wildman–Crippen LogP) is 4.67. The van der Waals surface area contributed by atoms with Crippen molar-refractivity contribution in [3.8, 4) is 33.5 Å². The Bertz CT molecular complexity index is 1450. The zero-order valence-corrected chi connectivity index (χ0v) is 16.7. The third-order valence-electron chi connectivity index (χ3n) is 4.88. The quantitative estimate of drug-likeness (QED) is 0.416. The van der Waals surface area contributed by atoms with Crippen molar-refractivity contribution < 1.29 is 4.39 Å². The van der Waals surface area contributed by atoms with Crippen LogP contribution in [0.4, 0.5) is 4.39 Å². The van der Waals surface area contributed by atoms with E-state index in [4.69, 9.17) is 11.6 Å². The molecule has 5 rings (SSSR count). The standard InChI is InChI=1S/C23H13ClFN5O/c24-17-5-1-14(2-6-17)19-13-27-30-22(20(19)15-9-11-26-12-10-15)29-28-21(23(30)31)16-3-7-18(25)8-4-16/h1-13H. The first-order valence-electron chi connectivity index (χ1n) is 9.33. The molecule has 0 spiro atoms. The largest absolute Gasteiger partial charge is 0.301 e. The van der Waals surface area contributed by atoms with E-state index >= 15 is 0 Å². The second-order valence-electron chi connectivity index (χ2n) is 6.77. The Balaban J connectivity index is 1.80. The summed E-state index contributed by atoms with van der Waals surface area (Å²) in [5, 5.41) is 13.5. The first kappa shape index (κ1) is 19.0. The normalized spacial score (nSPS) is 11.0. The minimum Gasteiger partial charge on any atom is -0.265 e. The first-order chi connectivity index (χ1) is 15.1. The average Bonchev–Trinajstić information content (AvgIpc) is 2.80. The highest BCUT2D eigenvalue weighted by Gasteiger charge is 2.18. The van der Waals surface area contributed by atoms with E-state index in [-0.39, 0.29) is 5.69 Å². The van der Waals surface area contributed by atoms with E-state index in [9.17, 15) is 9.18 Å². The molecule has 8 heteroatoms. The maximum Gasteiger partial charge on any atom is 0.301 e. The van der Waals surface area contributed by atoms with Gasteiger partial charge in [0.1, 0.15) is 5.82 Å². The Morgan fingerprint density at radius 2 is 1.48 bits per heavy atom. The second kappa shape index (κ2) is 7.70. The Kier molecular flexibility index (Phi) is 4.72. The Morgan fingerprint density at radius 3 is 2.19 bits per heavy atom. The van der Waals surface area contributed by atoms with Crippen molar-refractivity contribution in [1.29, 1.82) is 0 Å². The molecule has 0 fully saturated rings. The third-order valence-corrected chi connectivity index (χ3v) is 5.13. The highest BCUT2D eigenvalue weighted by atomic mass is 35.5. The third kappa shape index (κ3) is 3.45. The van der Waals surface area contributed by atoms with Crippen LogP contribution in [-0.4, -0.2) is 24.8 Å². The van der Waals surface area contributed by atoms with Gasteiger partial charge in [-0.05, 0) is 59.7 Å². The SMILES string of the molecule is O=c1c(-c2ccc(F)cc2)nnc2c(-c3ccncc3)c(-c3ccc(Cl)cc3)cnn12. The molecule has 0 N–H and O–H groups in total. The van der Waals surface area contributed by atoms with Crippen LogP contribution in [0.2, 0.25) is 5.02 Å². The van der Waals surface area contributed by atoms with Gasteiger partial charge in [0.25, 0.3) is 0 Å². The Labute approximate surface area is 180 Å². The highest BCUT2D eigenvalue weighted by Crippen LogP contribution is 2.34. The molecule has 6 nitrogen and oxygen atoms in total. The lowest BCUT2D eigenvalue weighted by Crippen LogP contribution is -2.22. The van der Waals surface area contributed by atoms with Crippen LogP contribution in [0.15, 0.2) is 84.0 Å². The fourth-order valence-corrected chi connectivity index (χ4v) is 3.51. The smallest absolute Gasteiger partial charge is 0.265 e. The predicted molar refractivity (Wildman–Crippen MR) is 116 cm³/mol. The van der Waals surface area contributed by atoms with Gasteiger partial charge in [0.15, 0.2) is 11.3 Å². The molecule has 31 heavy (non-hydrogen) atoms. The summed E-state index contributed by atoms with van der Waals surface area (Å²) in [5.41, 5.74) is 3.53. The fourth-order valence-electron chi connectivity index (χ4n) is 3.38. The zero-order chi connectivity index (χ0) is 21.4. The molecular formula is C23H13ClFN5O. The molecule has 0 aliphatic carbocycles. The number of hydrogen-bond donors (Lipinski definition) is 0. The van der Waals surface area contributed by atoms with Gasteiger partial charge in [-0.3, -0.25) is 9.78 Å². The van der Waals surface area contributed by atoms with Crippen molar-refractivity contribution in [3.05, 3.63) is 100 Å². The minimum atomic E-state index is -0.449. The van der Waals surface area contributed by atoms with E-state index in [1.165, 1.54) is 28.8 Å². The van der Waals surface area contributed by atoms with Gasteiger partial charge in [0, 0.05) is 34.1 Å². The monoisotopic (exact) mass is 429 g/mol. The maximum atomic E-state index is 13.3. The molecule has 0 saturated carbocycles. The Hall–Kier alpha value is -3.97. The number of benzene rings is 2. The number of rotatable bonds is 3. The summed E-state index contributed by atoms with van der Waals surface area (Å²) in [4.78, 5) is 17.2. The van der Waals surface area contributed by atoms with Crippen molar-refractivity contribution in [3.63, 3.8) is 0 Å². The van der Waals surface area contributed by atoms with E-state index in [1.807, 2.05) is 24.3 Å². The lowest BCUT2D eigenvalue weighted by molar-refractivity contribution is 0.628. The van der Waals surface area contributed by atoms with Crippen molar-refractivity contribution in [1.82, 2.24) is 24.8 Å². The molecule has 0 radical (unpaired) electrons. The van der Waals surface area contributed by atoms with Crippen LogP contribution in [0, 0.1) is 5.82 Å². The summed E-state index contributed by atoms with van der Waals surface area (Å²) in [6.07, 6.45) is 4.94. The molecule has 0 bridgehead atoms. The van der Waals surface area contributed by atoms with Crippen molar-refractivity contribution >= 4 is 17.2 Å². The number of fused-ring (bicyclic) bond motifs is 1. The molecule has 150 valence electrons. The number of pyridine rings is 1. The van der Waals surface area contributed by atoms with E-state index in [0.717, 1.165) is 16.7 Å². The van der Waals surface area contributed by atoms with Gasteiger partial charge in [0.05, 0.1) is 6.20 Å². The molecule has 0 unspecified atom stereocenters. The minimum absolute atomic E-state index is 0.0879. The van der Waals surface area contributed by atoms with Gasteiger partial charge >= 0.3 is 5.56 Å². The number of hydrogen-bond acceptors (Lipinski definition) is 5. The summed E-state index contributed by atoms with van der Waals surface area (Å²) in [6, 6.07) is 16.5. The summed E-state index contributed by atoms with van der Waals surface area (Å²) in [5.74, 6) is -0.400. The van der Waals surface area contributed by atoms with E-state index in [0.29, 0.717) is 21.8 Å². The fraction of sp³-hybridized carbons (Fsp3) is 0. The summed E-state index contributed by atoms with van der Waals surface area (Å²) >= 11 is 6.04. The summed E-state index contributed by atoms with van der Waals surface area (Å²) in [6.45, 7) is 0. The van der Waals surface area contributed by atoms with E-state index in [2.05, 4.69) is 20.3 Å². The van der Waals surface area contributed by atoms with Gasteiger partial charge in [-0.2, -0.15) is 9.61 Å². The molecule has 2 aromatic carbocycles. The molecule has 0 amide bonds. The average molecular weight is 430 g/mol. The van der Waals surface area contributed by atoms with Crippen molar-refractivity contribution in [2.24, 2.45) is 0 Å². The maximum absolute atomic E-state index is 13.3. The first-order valence-corrected chi connectivity index (χ1v) is 9.70. The van der Waals surface area contributed by atoms with E-state index < -0.39 is 11.4 Å². The molecule has 0 aliphatic rings. The number of aromatic nitrogens is 5. The second-order valence-corrected chi connectivity index (χ2v) is 7.21. The van der Waals surface area contributed by atoms with Crippen LogP contribution in [-0.2, 0) is 0 Å². The van der Waals surface area contributed by atoms with Crippen LogP contribution >= 0.6 is 11.6 Å². The number of nitrogens with zero attached hydrogens (tertiary/aromatic N) is 5. The van der Waals surface area contributed by atoms with Crippen LogP contribution in [0.5, 0.6) is 0 Å².